The standard InChI is InChI=1S/C27H28N4O3S/c1-4-19-7-9-20(10-8-19)24-15-23(27(32)28-21-11-5-17(2)6-12-21)25-18(3)30-31(26(25)29-24)22-13-14-35(33,34)16-22/h5-12,15,22H,4,13-14,16H2,1-3H3,(H,28,32). The van der Waals surface area contributed by atoms with Crippen molar-refractivity contribution in [2.24, 2.45) is 0 Å². The van der Waals surface area contributed by atoms with Gasteiger partial charge in [-0.1, -0.05) is 48.9 Å². The van der Waals surface area contributed by atoms with Crippen molar-refractivity contribution in [1.29, 1.82) is 0 Å². The number of sulfone groups is 1. The molecule has 4 aromatic rings. The average molecular weight is 489 g/mol. The summed E-state index contributed by atoms with van der Waals surface area (Å²) in [5.41, 5.74) is 6.21. The van der Waals surface area contributed by atoms with E-state index in [-0.39, 0.29) is 23.5 Å². The lowest BCUT2D eigenvalue weighted by Gasteiger charge is -2.13. The van der Waals surface area contributed by atoms with Crippen LogP contribution >= 0.6 is 0 Å². The van der Waals surface area contributed by atoms with Gasteiger partial charge in [0.25, 0.3) is 5.91 Å². The maximum atomic E-state index is 13.5. The first-order chi connectivity index (χ1) is 16.7. The van der Waals surface area contributed by atoms with Crippen LogP contribution in [-0.2, 0) is 16.3 Å². The third kappa shape index (κ3) is 4.58. The summed E-state index contributed by atoms with van der Waals surface area (Å²) in [6, 6.07) is 17.3. The largest absolute Gasteiger partial charge is 0.322 e. The summed E-state index contributed by atoms with van der Waals surface area (Å²) in [6.45, 7) is 5.93. The van der Waals surface area contributed by atoms with Crippen LogP contribution in [0.1, 0.15) is 46.6 Å². The molecule has 1 aliphatic rings. The van der Waals surface area contributed by atoms with E-state index in [1.54, 1.807) is 10.7 Å². The molecule has 0 radical (unpaired) electrons. The van der Waals surface area contributed by atoms with Crippen LogP contribution in [0.4, 0.5) is 5.69 Å². The molecule has 1 saturated heterocycles. The molecule has 7 nitrogen and oxygen atoms in total. The summed E-state index contributed by atoms with van der Waals surface area (Å²) in [5.74, 6) is -0.0863. The molecule has 1 aliphatic heterocycles. The zero-order valence-corrected chi connectivity index (χ0v) is 20.9. The Morgan fingerprint density at radius 2 is 1.80 bits per heavy atom. The van der Waals surface area contributed by atoms with Crippen molar-refractivity contribution in [3.8, 4) is 11.3 Å². The van der Waals surface area contributed by atoms with Gasteiger partial charge in [0.05, 0.1) is 39.9 Å². The van der Waals surface area contributed by atoms with Gasteiger partial charge in [0.15, 0.2) is 15.5 Å². The second-order valence-electron chi connectivity index (χ2n) is 9.21. The number of amides is 1. The van der Waals surface area contributed by atoms with Gasteiger partial charge in [-0.2, -0.15) is 5.10 Å². The number of nitrogens with one attached hydrogen (secondary N) is 1. The second-order valence-corrected chi connectivity index (χ2v) is 11.4. The van der Waals surface area contributed by atoms with Crippen LogP contribution in [0.3, 0.4) is 0 Å². The molecule has 5 rings (SSSR count). The minimum Gasteiger partial charge on any atom is -0.322 e. The fourth-order valence-electron chi connectivity index (χ4n) is 4.61. The zero-order chi connectivity index (χ0) is 24.7. The Balaban J connectivity index is 1.66. The van der Waals surface area contributed by atoms with Gasteiger partial charge in [-0.25, -0.2) is 18.1 Å². The fourth-order valence-corrected chi connectivity index (χ4v) is 6.30. The normalized spacial score (nSPS) is 17.1. The Morgan fingerprint density at radius 1 is 1.09 bits per heavy atom. The minimum atomic E-state index is -3.11. The number of benzene rings is 2. The first-order valence-electron chi connectivity index (χ1n) is 11.8. The van der Waals surface area contributed by atoms with Crippen molar-refractivity contribution < 1.29 is 13.2 Å². The van der Waals surface area contributed by atoms with Gasteiger partial charge < -0.3 is 5.32 Å². The van der Waals surface area contributed by atoms with Crippen LogP contribution in [0.15, 0.2) is 54.6 Å². The monoisotopic (exact) mass is 488 g/mol. The summed E-state index contributed by atoms with van der Waals surface area (Å²) in [7, 11) is -3.11. The van der Waals surface area contributed by atoms with Crippen LogP contribution in [0.2, 0.25) is 0 Å². The molecule has 1 unspecified atom stereocenters. The third-order valence-corrected chi connectivity index (χ3v) is 8.35. The highest BCUT2D eigenvalue weighted by Gasteiger charge is 2.32. The van der Waals surface area contributed by atoms with E-state index in [0.29, 0.717) is 40.1 Å². The first-order valence-corrected chi connectivity index (χ1v) is 13.6. The molecule has 0 saturated carbocycles. The number of hydrogen-bond acceptors (Lipinski definition) is 5. The number of carbonyl (C=O) groups is 1. The SMILES string of the molecule is CCc1ccc(-c2cc(C(=O)Nc3ccc(C)cc3)c3c(C)nn(C4CCS(=O)(=O)C4)c3n2)cc1. The molecule has 35 heavy (non-hydrogen) atoms. The molecule has 1 N–H and O–H groups in total. The van der Waals surface area contributed by atoms with Gasteiger partial charge in [0.1, 0.15) is 0 Å². The van der Waals surface area contributed by atoms with Gasteiger partial charge in [-0.05, 0) is 50.5 Å². The van der Waals surface area contributed by atoms with Gasteiger partial charge in [0.2, 0.25) is 0 Å². The van der Waals surface area contributed by atoms with Crippen LogP contribution in [0.5, 0.6) is 0 Å². The summed E-state index contributed by atoms with van der Waals surface area (Å²) in [5, 5.41) is 8.31. The highest BCUT2D eigenvalue weighted by atomic mass is 32.2. The molecule has 8 heteroatoms. The van der Waals surface area contributed by atoms with E-state index in [2.05, 4.69) is 29.5 Å². The van der Waals surface area contributed by atoms with Crippen LogP contribution < -0.4 is 5.32 Å². The summed E-state index contributed by atoms with van der Waals surface area (Å²) in [4.78, 5) is 18.4. The van der Waals surface area contributed by atoms with E-state index in [4.69, 9.17) is 4.98 Å². The van der Waals surface area contributed by atoms with Crippen molar-refractivity contribution in [2.75, 3.05) is 16.8 Å². The smallest absolute Gasteiger partial charge is 0.256 e. The number of fused-ring (bicyclic) bond motifs is 1. The zero-order valence-electron chi connectivity index (χ0n) is 20.1. The average Bonchev–Trinajstić information content (AvgIpc) is 3.38. The number of rotatable bonds is 5. The Hall–Kier alpha value is -3.52. The third-order valence-electron chi connectivity index (χ3n) is 6.60. The molecule has 1 fully saturated rings. The van der Waals surface area contributed by atoms with Gasteiger partial charge in [0, 0.05) is 11.3 Å². The highest BCUT2D eigenvalue weighted by Crippen LogP contribution is 2.32. The van der Waals surface area contributed by atoms with Crippen molar-refractivity contribution >= 4 is 32.5 Å². The Bertz CT molecular complexity index is 1520. The number of aryl methyl sites for hydroxylation is 3. The van der Waals surface area contributed by atoms with Crippen molar-refractivity contribution in [2.45, 2.75) is 39.7 Å². The molecule has 1 amide bonds. The molecular weight excluding hydrogens is 460 g/mol. The summed E-state index contributed by atoms with van der Waals surface area (Å²) < 4.78 is 26.1. The Kier molecular flexibility index (Phi) is 5.92. The lowest BCUT2D eigenvalue weighted by molar-refractivity contribution is 0.102. The minimum absolute atomic E-state index is 0.0330. The molecule has 0 spiro atoms. The number of carbonyl (C=O) groups excluding carboxylic acids is 1. The van der Waals surface area contributed by atoms with E-state index in [1.165, 1.54) is 5.56 Å². The maximum absolute atomic E-state index is 13.5. The molecule has 0 bridgehead atoms. The Morgan fingerprint density at radius 3 is 2.43 bits per heavy atom. The van der Waals surface area contributed by atoms with Crippen LogP contribution in [0, 0.1) is 13.8 Å². The topological polar surface area (TPSA) is 94.0 Å². The Labute approximate surface area is 205 Å². The highest BCUT2D eigenvalue weighted by molar-refractivity contribution is 7.91. The molecule has 3 heterocycles. The number of nitrogens with zero attached hydrogens (tertiary/aromatic N) is 3. The molecule has 1 atom stereocenters. The lowest BCUT2D eigenvalue weighted by Crippen LogP contribution is -2.15. The van der Waals surface area contributed by atoms with E-state index < -0.39 is 9.84 Å². The quantitative estimate of drug-likeness (QED) is 0.432. The lowest BCUT2D eigenvalue weighted by atomic mass is 10.0. The molecule has 180 valence electrons. The summed E-state index contributed by atoms with van der Waals surface area (Å²) >= 11 is 0. The van der Waals surface area contributed by atoms with Crippen molar-refractivity contribution in [1.82, 2.24) is 14.8 Å². The predicted octanol–water partition coefficient (Wildman–Crippen LogP) is 4.89. The second kappa shape index (κ2) is 8.92. The summed E-state index contributed by atoms with van der Waals surface area (Å²) in [6.07, 6.45) is 1.42. The van der Waals surface area contributed by atoms with Crippen molar-refractivity contribution in [3.63, 3.8) is 0 Å². The van der Waals surface area contributed by atoms with Crippen molar-refractivity contribution in [3.05, 3.63) is 77.0 Å². The fraction of sp³-hybridized carbons (Fsp3) is 0.296. The number of hydrogen-bond donors (Lipinski definition) is 1. The van der Waals surface area contributed by atoms with Gasteiger partial charge in [-0.3, -0.25) is 4.79 Å². The van der Waals surface area contributed by atoms with E-state index >= 15 is 0 Å². The van der Waals surface area contributed by atoms with E-state index in [1.807, 2.05) is 50.2 Å². The van der Waals surface area contributed by atoms with Gasteiger partial charge >= 0.3 is 0 Å². The van der Waals surface area contributed by atoms with E-state index in [0.717, 1.165) is 17.5 Å². The van der Waals surface area contributed by atoms with Crippen LogP contribution in [0.25, 0.3) is 22.3 Å². The van der Waals surface area contributed by atoms with Gasteiger partial charge in [-0.15, -0.1) is 0 Å². The number of anilines is 1. The van der Waals surface area contributed by atoms with Crippen LogP contribution in [-0.4, -0.2) is 40.6 Å². The molecular formula is C27H28N4O3S. The number of aromatic nitrogens is 3. The molecule has 2 aromatic heterocycles. The maximum Gasteiger partial charge on any atom is 0.256 e. The number of pyridine rings is 1. The molecule has 0 aliphatic carbocycles. The predicted molar refractivity (Wildman–Crippen MR) is 139 cm³/mol. The molecule has 2 aromatic carbocycles. The van der Waals surface area contributed by atoms with E-state index in [9.17, 15) is 13.2 Å². The first kappa shape index (κ1) is 23.2.